The molecule has 0 aliphatic heterocycles. The summed E-state index contributed by atoms with van der Waals surface area (Å²) in [4.78, 5) is 4.28. The Morgan fingerprint density at radius 2 is 2.28 bits per heavy atom. The van der Waals surface area contributed by atoms with Crippen LogP contribution in [0.3, 0.4) is 0 Å². The second kappa shape index (κ2) is 5.28. The number of para-hydroxylation sites is 1. The highest BCUT2D eigenvalue weighted by molar-refractivity contribution is 7.84. The van der Waals surface area contributed by atoms with Gasteiger partial charge < -0.3 is 10.3 Å². The van der Waals surface area contributed by atoms with Crippen LogP contribution in [0.2, 0.25) is 5.02 Å². The van der Waals surface area contributed by atoms with Crippen molar-refractivity contribution in [1.29, 1.82) is 0 Å². The van der Waals surface area contributed by atoms with Crippen LogP contribution in [0.4, 0.5) is 5.95 Å². The molecule has 0 saturated heterocycles. The minimum Gasteiger partial charge on any atom is -0.369 e. The molecule has 2 atom stereocenters. The Labute approximate surface area is 114 Å². The molecular weight excluding hydrogens is 270 g/mol. The number of benzene rings is 1. The number of aryl methyl sites for hydroxylation is 1. The number of hydrogen-bond acceptors (Lipinski definition) is 3. The molecular formula is C12H16ClN3OS. The lowest BCUT2D eigenvalue weighted by atomic mass is 10.3. The van der Waals surface area contributed by atoms with E-state index in [1.165, 1.54) is 0 Å². The molecule has 0 aliphatic carbocycles. The molecule has 0 spiro atoms. The van der Waals surface area contributed by atoms with Crippen LogP contribution in [-0.2, 0) is 17.3 Å². The van der Waals surface area contributed by atoms with Gasteiger partial charge in [-0.2, -0.15) is 0 Å². The molecule has 0 radical (unpaired) electrons. The number of nitrogens with zero attached hydrogens (tertiary/aromatic N) is 2. The monoisotopic (exact) mass is 285 g/mol. The fraction of sp³-hybridized carbons (Fsp3) is 0.417. The van der Waals surface area contributed by atoms with Gasteiger partial charge in [0.25, 0.3) is 0 Å². The Kier molecular flexibility index (Phi) is 3.92. The van der Waals surface area contributed by atoms with Gasteiger partial charge in [-0.25, -0.2) is 4.98 Å². The van der Waals surface area contributed by atoms with E-state index in [2.05, 4.69) is 4.98 Å². The maximum absolute atomic E-state index is 11.3. The van der Waals surface area contributed by atoms with Gasteiger partial charge in [-0.1, -0.05) is 24.6 Å². The molecule has 1 aromatic heterocycles. The lowest BCUT2D eigenvalue weighted by Gasteiger charge is -2.11. The van der Waals surface area contributed by atoms with E-state index >= 15 is 0 Å². The third-order valence-corrected chi connectivity index (χ3v) is 4.75. The maximum atomic E-state index is 11.3. The van der Waals surface area contributed by atoms with Gasteiger partial charge in [-0.15, -0.1) is 0 Å². The zero-order chi connectivity index (χ0) is 13.3. The average molecular weight is 286 g/mol. The standard InChI is InChI=1S/C12H16ClN3OS/c1-8(18(2)17)6-7-16-11-9(13)4-3-5-10(11)15-12(16)14/h3-5,8H,6-7H2,1-2H3,(H2,14,15). The van der Waals surface area contributed by atoms with E-state index in [9.17, 15) is 4.21 Å². The molecule has 4 nitrogen and oxygen atoms in total. The van der Waals surface area contributed by atoms with Crippen molar-refractivity contribution in [3.8, 4) is 0 Å². The largest absolute Gasteiger partial charge is 0.369 e. The Hall–Kier alpha value is -1.07. The first-order valence-electron chi connectivity index (χ1n) is 5.73. The summed E-state index contributed by atoms with van der Waals surface area (Å²) >= 11 is 6.18. The second-order valence-electron chi connectivity index (χ2n) is 4.33. The molecule has 0 bridgehead atoms. The van der Waals surface area contributed by atoms with Crippen LogP contribution in [0.25, 0.3) is 11.0 Å². The van der Waals surface area contributed by atoms with Gasteiger partial charge >= 0.3 is 0 Å². The lowest BCUT2D eigenvalue weighted by Crippen LogP contribution is -2.14. The van der Waals surface area contributed by atoms with Gasteiger partial charge in [-0.05, 0) is 18.6 Å². The number of rotatable bonds is 4. The molecule has 18 heavy (non-hydrogen) atoms. The first-order chi connectivity index (χ1) is 8.50. The van der Waals surface area contributed by atoms with Crippen molar-refractivity contribution in [3.05, 3.63) is 23.2 Å². The summed E-state index contributed by atoms with van der Waals surface area (Å²) in [6, 6.07) is 5.56. The van der Waals surface area contributed by atoms with Crippen molar-refractivity contribution < 1.29 is 4.21 Å². The molecule has 0 saturated carbocycles. The van der Waals surface area contributed by atoms with Gasteiger partial charge in [0, 0.05) is 28.9 Å². The number of fused-ring (bicyclic) bond motifs is 1. The Bertz CT molecular complexity index is 596. The Balaban J connectivity index is 2.33. The highest BCUT2D eigenvalue weighted by Gasteiger charge is 2.13. The fourth-order valence-corrected chi connectivity index (χ4v) is 2.57. The lowest BCUT2D eigenvalue weighted by molar-refractivity contribution is 0.633. The van der Waals surface area contributed by atoms with E-state index < -0.39 is 10.8 Å². The van der Waals surface area contributed by atoms with Gasteiger partial charge in [0.2, 0.25) is 5.95 Å². The van der Waals surface area contributed by atoms with Crippen molar-refractivity contribution in [3.63, 3.8) is 0 Å². The average Bonchev–Trinajstić information content (AvgIpc) is 2.63. The number of nitrogens with two attached hydrogens (primary N) is 1. The Morgan fingerprint density at radius 1 is 1.56 bits per heavy atom. The highest BCUT2D eigenvalue weighted by atomic mass is 35.5. The molecule has 1 aromatic carbocycles. The number of hydrogen-bond donors (Lipinski definition) is 1. The molecule has 2 unspecified atom stereocenters. The number of nitrogen functional groups attached to an aromatic ring is 1. The number of halogens is 1. The third-order valence-electron chi connectivity index (χ3n) is 3.07. The van der Waals surface area contributed by atoms with Crippen molar-refractivity contribution >= 4 is 39.4 Å². The second-order valence-corrected chi connectivity index (χ2v) is 6.54. The molecule has 1 heterocycles. The first kappa shape index (κ1) is 13.4. The summed E-state index contributed by atoms with van der Waals surface area (Å²) in [6.07, 6.45) is 2.50. The van der Waals surface area contributed by atoms with Gasteiger partial charge in [0.05, 0.1) is 16.1 Å². The van der Waals surface area contributed by atoms with Crippen molar-refractivity contribution in [2.75, 3.05) is 12.0 Å². The number of aromatic nitrogens is 2. The van der Waals surface area contributed by atoms with Crippen LogP contribution in [0.15, 0.2) is 18.2 Å². The van der Waals surface area contributed by atoms with E-state index in [4.69, 9.17) is 17.3 Å². The van der Waals surface area contributed by atoms with Crippen LogP contribution in [0.1, 0.15) is 13.3 Å². The van der Waals surface area contributed by atoms with Crippen molar-refractivity contribution in [1.82, 2.24) is 9.55 Å². The molecule has 2 aromatic rings. The quantitative estimate of drug-likeness (QED) is 0.938. The molecule has 6 heteroatoms. The first-order valence-corrected chi connectivity index (χ1v) is 7.73. The van der Waals surface area contributed by atoms with E-state index in [1.54, 1.807) is 6.26 Å². The molecule has 98 valence electrons. The zero-order valence-corrected chi connectivity index (χ0v) is 12.0. The zero-order valence-electron chi connectivity index (χ0n) is 10.4. The molecule has 2 N–H and O–H groups in total. The number of anilines is 1. The minimum atomic E-state index is -0.825. The minimum absolute atomic E-state index is 0.129. The van der Waals surface area contributed by atoms with Crippen LogP contribution in [0.5, 0.6) is 0 Å². The van der Waals surface area contributed by atoms with E-state index in [-0.39, 0.29) is 5.25 Å². The number of imidazole rings is 1. The Morgan fingerprint density at radius 3 is 2.94 bits per heavy atom. The van der Waals surface area contributed by atoms with Gasteiger partial charge in [0.1, 0.15) is 0 Å². The summed E-state index contributed by atoms with van der Waals surface area (Å²) in [7, 11) is -0.825. The van der Waals surface area contributed by atoms with Gasteiger partial charge in [-0.3, -0.25) is 4.21 Å². The topological polar surface area (TPSA) is 60.9 Å². The van der Waals surface area contributed by atoms with E-state index in [1.807, 2.05) is 29.7 Å². The van der Waals surface area contributed by atoms with Crippen LogP contribution >= 0.6 is 11.6 Å². The summed E-state index contributed by atoms with van der Waals surface area (Å²) < 4.78 is 13.2. The summed E-state index contributed by atoms with van der Waals surface area (Å²) in [6.45, 7) is 2.64. The van der Waals surface area contributed by atoms with Crippen molar-refractivity contribution in [2.45, 2.75) is 25.1 Å². The maximum Gasteiger partial charge on any atom is 0.201 e. The molecule has 2 rings (SSSR count). The van der Waals surface area contributed by atoms with Gasteiger partial charge in [0.15, 0.2) is 0 Å². The fourth-order valence-electron chi connectivity index (χ4n) is 1.86. The van der Waals surface area contributed by atoms with Crippen LogP contribution < -0.4 is 5.73 Å². The highest BCUT2D eigenvalue weighted by Crippen LogP contribution is 2.26. The normalized spacial score (nSPS) is 14.8. The predicted molar refractivity (Wildman–Crippen MR) is 77.3 cm³/mol. The van der Waals surface area contributed by atoms with Crippen LogP contribution in [0, 0.1) is 0 Å². The van der Waals surface area contributed by atoms with Crippen LogP contribution in [-0.4, -0.2) is 25.3 Å². The molecule has 0 amide bonds. The summed E-state index contributed by atoms with van der Waals surface area (Å²) in [5.41, 5.74) is 7.55. The van der Waals surface area contributed by atoms with E-state index in [0.717, 1.165) is 17.5 Å². The predicted octanol–water partition coefficient (Wildman–Crippen LogP) is 2.43. The van der Waals surface area contributed by atoms with E-state index in [0.29, 0.717) is 17.5 Å². The van der Waals surface area contributed by atoms with Crippen molar-refractivity contribution in [2.24, 2.45) is 0 Å². The third kappa shape index (κ3) is 2.52. The molecule has 0 aliphatic rings. The summed E-state index contributed by atoms with van der Waals surface area (Å²) in [5.74, 6) is 0.451. The smallest absolute Gasteiger partial charge is 0.201 e. The SMILES string of the molecule is CC(CCn1c(N)nc2cccc(Cl)c21)S(C)=O. The summed E-state index contributed by atoms with van der Waals surface area (Å²) in [5, 5.41) is 0.770. The molecule has 0 fully saturated rings.